The first-order valence-corrected chi connectivity index (χ1v) is 11.8. The Bertz CT molecular complexity index is 884. The molecule has 0 bridgehead atoms. The van der Waals surface area contributed by atoms with Gasteiger partial charge in [0.2, 0.25) is 0 Å². The van der Waals surface area contributed by atoms with E-state index in [9.17, 15) is 9.59 Å². The molecule has 0 aliphatic carbocycles. The standard InChI is InChI=1S/C20H22I2N2O2S/c1-12-10-13(21)8-9-16(12)24(20(2,3)11-27-4)19(26)14-6-5-7-15(22)17(14)18(23)25/h5-10H,11H2,1-4H3,(H2,23,25). The topological polar surface area (TPSA) is 63.4 Å². The molecule has 0 atom stereocenters. The quantitative estimate of drug-likeness (QED) is 0.465. The maximum Gasteiger partial charge on any atom is 0.259 e. The summed E-state index contributed by atoms with van der Waals surface area (Å²) in [7, 11) is 0. The number of nitrogens with zero attached hydrogens (tertiary/aromatic N) is 1. The van der Waals surface area contributed by atoms with Crippen LogP contribution in [0.15, 0.2) is 36.4 Å². The average Bonchev–Trinajstić information content (AvgIpc) is 2.56. The Morgan fingerprint density at radius 2 is 1.85 bits per heavy atom. The molecule has 2 N–H and O–H groups in total. The van der Waals surface area contributed by atoms with Gasteiger partial charge in [0.15, 0.2) is 0 Å². The van der Waals surface area contributed by atoms with Crippen LogP contribution in [0.3, 0.4) is 0 Å². The molecule has 7 heteroatoms. The summed E-state index contributed by atoms with van der Waals surface area (Å²) in [4.78, 5) is 27.5. The summed E-state index contributed by atoms with van der Waals surface area (Å²) in [6.07, 6.45) is 2.02. The molecule has 0 aliphatic heterocycles. The molecule has 0 aromatic heterocycles. The second kappa shape index (κ2) is 9.13. The normalized spacial score (nSPS) is 11.3. The van der Waals surface area contributed by atoms with Crippen LogP contribution in [0.1, 0.15) is 40.1 Å². The van der Waals surface area contributed by atoms with Crippen molar-refractivity contribution in [2.75, 3.05) is 16.9 Å². The summed E-state index contributed by atoms with van der Waals surface area (Å²) in [5, 5.41) is 0. The number of primary amides is 1. The third-order valence-electron chi connectivity index (χ3n) is 4.20. The molecule has 2 rings (SSSR count). The minimum atomic E-state index is -0.592. The third-order valence-corrected chi connectivity index (χ3v) is 6.76. The summed E-state index contributed by atoms with van der Waals surface area (Å²) in [5.41, 5.74) is 7.60. The first-order chi connectivity index (χ1) is 12.6. The van der Waals surface area contributed by atoms with Crippen molar-refractivity contribution in [3.05, 3.63) is 60.2 Å². The van der Waals surface area contributed by atoms with Crippen LogP contribution >= 0.6 is 56.9 Å². The molecule has 0 saturated carbocycles. The van der Waals surface area contributed by atoms with Crippen LogP contribution in [-0.4, -0.2) is 29.4 Å². The van der Waals surface area contributed by atoms with E-state index < -0.39 is 11.4 Å². The van der Waals surface area contributed by atoms with Gasteiger partial charge in [-0.3, -0.25) is 9.59 Å². The highest BCUT2D eigenvalue weighted by molar-refractivity contribution is 14.1. The highest BCUT2D eigenvalue weighted by Crippen LogP contribution is 2.33. The Hall–Kier alpha value is -0.810. The maximum absolute atomic E-state index is 13.7. The van der Waals surface area contributed by atoms with E-state index in [1.807, 2.05) is 61.8 Å². The lowest BCUT2D eigenvalue weighted by Crippen LogP contribution is -2.50. The Kier molecular flexibility index (Phi) is 7.60. The van der Waals surface area contributed by atoms with Crippen molar-refractivity contribution < 1.29 is 9.59 Å². The highest BCUT2D eigenvalue weighted by atomic mass is 127. The van der Waals surface area contributed by atoms with Gasteiger partial charge in [0.25, 0.3) is 11.8 Å². The lowest BCUT2D eigenvalue weighted by Gasteiger charge is -2.39. The molecule has 0 aliphatic rings. The molecule has 2 aromatic carbocycles. The Morgan fingerprint density at radius 3 is 2.41 bits per heavy atom. The lowest BCUT2D eigenvalue weighted by molar-refractivity contribution is 0.0945. The molecule has 0 saturated heterocycles. The Labute approximate surface area is 191 Å². The summed E-state index contributed by atoms with van der Waals surface area (Å²) in [6.45, 7) is 6.07. The summed E-state index contributed by atoms with van der Waals surface area (Å²) in [6, 6.07) is 11.2. The number of nitrogens with two attached hydrogens (primary N) is 1. The van der Waals surface area contributed by atoms with Crippen molar-refractivity contribution in [3.8, 4) is 0 Å². The fourth-order valence-electron chi connectivity index (χ4n) is 3.07. The van der Waals surface area contributed by atoms with E-state index in [0.29, 0.717) is 9.13 Å². The number of hydrogen-bond donors (Lipinski definition) is 1. The van der Waals surface area contributed by atoms with Crippen LogP contribution in [-0.2, 0) is 0 Å². The summed E-state index contributed by atoms with van der Waals surface area (Å²) < 4.78 is 1.78. The predicted molar refractivity (Wildman–Crippen MR) is 131 cm³/mol. The number of halogens is 2. The number of thioether (sulfide) groups is 1. The second-order valence-corrected chi connectivity index (χ2v) is 10.1. The van der Waals surface area contributed by atoms with Gasteiger partial charge in [-0.25, -0.2) is 0 Å². The van der Waals surface area contributed by atoms with E-state index in [4.69, 9.17) is 5.73 Å². The number of anilines is 1. The van der Waals surface area contributed by atoms with Gasteiger partial charge in [-0.15, -0.1) is 0 Å². The molecule has 0 fully saturated rings. The van der Waals surface area contributed by atoms with Gasteiger partial charge >= 0.3 is 0 Å². The molecule has 2 amide bonds. The second-order valence-electron chi connectivity index (χ2n) is 6.84. The first-order valence-electron chi connectivity index (χ1n) is 8.28. The number of carbonyl (C=O) groups is 2. The first kappa shape index (κ1) is 22.5. The number of benzene rings is 2. The van der Waals surface area contributed by atoms with Gasteiger partial charge < -0.3 is 10.6 Å². The van der Waals surface area contributed by atoms with Crippen LogP contribution in [0, 0.1) is 14.1 Å². The molecule has 0 unspecified atom stereocenters. The summed E-state index contributed by atoms with van der Waals surface area (Å²) in [5.74, 6) is -0.0593. The summed E-state index contributed by atoms with van der Waals surface area (Å²) >= 11 is 5.98. The number of amides is 2. The molecule has 2 aromatic rings. The largest absolute Gasteiger partial charge is 0.366 e. The van der Waals surface area contributed by atoms with Crippen molar-refractivity contribution in [1.82, 2.24) is 0 Å². The maximum atomic E-state index is 13.7. The van der Waals surface area contributed by atoms with Crippen molar-refractivity contribution >= 4 is 74.4 Å². The van der Waals surface area contributed by atoms with Gasteiger partial charge in [0.05, 0.1) is 16.7 Å². The smallest absolute Gasteiger partial charge is 0.259 e. The van der Waals surface area contributed by atoms with Crippen molar-refractivity contribution in [3.63, 3.8) is 0 Å². The van der Waals surface area contributed by atoms with Gasteiger partial charge in [0.1, 0.15) is 0 Å². The molecule has 0 heterocycles. The Balaban J connectivity index is 2.70. The molecule has 4 nitrogen and oxygen atoms in total. The van der Waals surface area contributed by atoms with Crippen LogP contribution in [0.4, 0.5) is 5.69 Å². The zero-order chi connectivity index (χ0) is 20.4. The molecule has 0 radical (unpaired) electrons. The predicted octanol–water partition coefficient (Wildman–Crippen LogP) is 5.09. The van der Waals surface area contributed by atoms with E-state index in [2.05, 4.69) is 28.7 Å². The highest BCUT2D eigenvalue weighted by Gasteiger charge is 2.35. The molecular weight excluding hydrogens is 586 g/mol. The number of rotatable bonds is 6. The minimum Gasteiger partial charge on any atom is -0.366 e. The van der Waals surface area contributed by atoms with Gasteiger partial charge in [-0.2, -0.15) is 11.8 Å². The van der Waals surface area contributed by atoms with Crippen molar-refractivity contribution in [1.29, 1.82) is 0 Å². The number of aryl methyl sites for hydroxylation is 1. The molecule has 144 valence electrons. The number of hydrogen-bond acceptors (Lipinski definition) is 3. The van der Waals surface area contributed by atoms with E-state index in [1.165, 1.54) is 0 Å². The van der Waals surface area contributed by atoms with Gasteiger partial charge in [-0.1, -0.05) is 6.07 Å². The van der Waals surface area contributed by atoms with Gasteiger partial charge in [0, 0.05) is 18.6 Å². The number of carbonyl (C=O) groups excluding carboxylic acids is 2. The zero-order valence-electron chi connectivity index (χ0n) is 15.7. The van der Waals surface area contributed by atoms with E-state index in [0.717, 1.165) is 20.6 Å². The minimum absolute atomic E-state index is 0.217. The SMILES string of the molecule is CSCC(C)(C)N(C(=O)c1cccc(I)c1C(N)=O)c1ccc(I)cc1C. The molecule has 27 heavy (non-hydrogen) atoms. The fraction of sp³-hybridized carbons (Fsp3) is 0.300. The van der Waals surface area contributed by atoms with Crippen molar-refractivity contribution in [2.24, 2.45) is 5.73 Å². The van der Waals surface area contributed by atoms with Gasteiger partial charge in [-0.05, 0) is 108 Å². The van der Waals surface area contributed by atoms with Crippen LogP contribution < -0.4 is 10.6 Å². The zero-order valence-corrected chi connectivity index (χ0v) is 20.8. The van der Waals surface area contributed by atoms with Crippen LogP contribution in [0.25, 0.3) is 0 Å². The van der Waals surface area contributed by atoms with Crippen LogP contribution in [0.2, 0.25) is 0 Å². The molecular formula is C20H22I2N2O2S. The van der Waals surface area contributed by atoms with E-state index in [1.54, 1.807) is 34.9 Å². The van der Waals surface area contributed by atoms with Crippen molar-refractivity contribution in [2.45, 2.75) is 26.3 Å². The molecule has 0 spiro atoms. The fourth-order valence-corrected chi connectivity index (χ4v) is 5.32. The Morgan fingerprint density at radius 1 is 1.19 bits per heavy atom. The third kappa shape index (κ3) is 4.97. The van der Waals surface area contributed by atoms with E-state index >= 15 is 0 Å². The lowest BCUT2D eigenvalue weighted by atomic mass is 9.98. The monoisotopic (exact) mass is 608 g/mol. The van der Waals surface area contributed by atoms with E-state index in [-0.39, 0.29) is 11.5 Å². The van der Waals surface area contributed by atoms with Crippen LogP contribution in [0.5, 0.6) is 0 Å². The average molecular weight is 608 g/mol.